The second kappa shape index (κ2) is 6.99. The molecule has 0 aliphatic heterocycles. The van der Waals surface area contributed by atoms with Crippen LogP contribution in [-0.4, -0.2) is 10.9 Å². The van der Waals surface area contributed by atoms with Gasteiger partial charge in [-0.2, -0.15) is 0 Å². The summed E-state index contributed by atoms with van der Waals surface area (Å²) in [6.07, 6.45) is 1.94. The molecule has 1 N–H and O–H groups in total. The summed E-state index contributed by atoms with van der Waals surface area (Å²) in [4.78, 5) is 16.5. The second-order valence-corrected chi connectivity index (χ2v) is 6.88. The van der Waals surface area contributed by atoms with Crippen LogP contribution < -0.4 is 5.32 Å². The molecule has 0 spiro atoms. The first-order valence-electron chi connectivity index (χ1n) is 8.15. The van der Waals surface area contributed by atoms with Gasteiger partial charge >= 0.3 is 0 Å². The number of hydrogen-bond acceptors (Lipinski definition) is 3. The number of benzene rings is 1. The highest BCUT2D eigenvalue weighted by molar-refractivity contribution is 5.90. The molecule has 1 aromatic carbocycles. The highest BCUT2D eigenvalue weighted by Crippen LogP contribution is 2.24. The highest BCUT2D eigenvalue weighted by atomic mass is 16.4. The lowest BCUT2D eigenvalue weighted by Gasteiger charge is -2.12. The molecule has 0 radical (unpaired) electrons. The molecule has 0 bridgehead atoms. The van der Waals surface area contributed by atoms with E-state index in [0.717, 1.165) is 29.5 Å². The molecule has 23 heavy (non-hydrogen) atoms. The fraction of sp³-hybridized carbons (Fsp3) is 0.474. The first-order valence-corrected chi connectivity index (χ1v) is 8.15. The van der Waals surface area contributed by atoms with Crippen molar-refractivity contribution in [3.05, 3.63) is 47.2 Å². The Morgan fingerprint density at radius 3 is 2.39 bits per heavy atom. The largest absolute Gasteiger partial charge is 0.445 e. The average Bonchev–Trinajstić information content (AvgIpc) is 2.87. The number of anilines is 1. The first-order chi connectivity index (χ1) is 10.8. The van der Waals surface area contributed by atoms with Gasteiger partial charge in [0.25, 0.3) is 0 Å². The minimum absolute atomic E-state index is 0.0117. The van der Waals surface area contributed by atoms with E-state index in [1.807, 2.05) is 31.2 Å². The SMILES string of the molecule is CCc1ccc(NC(=O)CCc2oc(C(C)(C)C)nc2C)cc1. The molecule has 4 heteroatoms. The third-order valence-electron chi connectivity index (χ3n) is 3.76. The maximum Gasteiger partial charge on any atom is 0.224 e. The summed E-state index contributed by atoms with van der Waals surface area (Å²) in [6, 6.07) is 7.94. The van der Waals surface area contributed by atoms with Crippen LogP contribution in [0.1, 0.15) is 57.0 Å². The Balaban J connectivity index is 1.92. The van der Waals surface area contributed by atoms with E-state index in [1.54, 1.807) is 0 Å². The summed E-state index contributed by atoms with van der Waals surface area (Å²) in [7, 11) is 0. The molecule has 1 heterocycles. The molecule has 0 saturated heterocycles. The number of carbonyl (C=O) groups excluding carboxylic acids is 1. The van der Waals surface area contributed by atoms with Gasteiger partial charge in [0.15, 0.2) is 5.89 Å². The molecule has 2 aromatic rings. The zero-order valence-electron chi connectivity index (χ0n) is 14.7. The molecular formula is C19H26N2O2. The van der Waals surface area contributed by atoms with Crippen LogP contribution in [0.5, 0.6) is 0 Å². The van der Waals surface area contributed by atoms with Crippen LogP contribution in [0.4, 0.5) is 5.69 Å². The van der Waals surface area contributed by atoms with Crippen LogP contribution in [0.2, 0.25) is 0 Å². The van der Waals surface area contributed by atoms with Crippen LogP contribution in [0.3, 0.4) is 0 Å². The Hall–Kier alpha value is -2.10. The number of rotatable bonds is 5. The zero-order valence-corrected chi connectivity index (χ0v) is 14.7. The number of nitrogens with zero attached hydrogens (tertiary/aromatic N) is 1. The van der Waals surface area contributed by atoms with E-state index < -0.39 is 0 Å². The van der Waals surface area contributed by atoms with Crippen molar-refractivity contribution in [2.45, 2.75) is 59.3 Å². The third kappa shape index (κ3) is 4.68. The molecule has 0 aliphatic rings. The van der Waals surface area contributed by atoms with Crippen molar-refractivity contribution in [3.63, 3.8) is 0 Å². The van der Waals surface area contributed by atoms with Crippen LogP contribution in [0.15, 0.2) is 28.7 Å². The third-order valence-corrected chi connectivity index (χ3v) is 3.76. The Morgan fingerprint density at radius 1 is 1.22 bits per heavy atom. The van der Waals surface area contributed by atoms with Gasteiger partial charge in [0.05, 0.1) is 5.69 Å². The normalized spacial score (nSPS) is 11.5. The van der Waals surface area contributed by atoms with Gasteiger partial charge in [-0.15, -0.1) is 0 Å². The number of aryl methyl sites for hydroxylation is 3. The smallest absolute Gasteiger partial charge is 0.224 e. The van der Waals surface area contributed by atoms with Crippen molar-refractivity contribution >= 4 is 11.6 Å². The Bertz CT molecular complexity index is 664. The summed E-state index contributed by atoms with van der Waals surface area (Å²) < 4.78 is 5.82. The highest BCUT2D eigenvalue weighted by Gasteiger charge is 2.22. The summed E-state index contributed by atoms with van der Waals surface area (Å²) >= 11 is 0. The maximum atomic E-state index is 12.1. The van der Waals surface area contributed by atoms with E-state index in [-0.39, 0.29) is 11.3 Å². The van der Waals surface area contributed by atoms with Crippen LogP contribution >= 0.6 is 0 Å². The summed E-state index contributed by atoms with van der Waals surface area (Å²) in [6.45, 7) is 10.2. The molecule has 124 valence electrons. The van der Waals surface area contributed by atoms with Crippen LogP contribution in [0, 0.1) is 6.92 Å². The molecule has 0 fully saturated rings. The molecule has 1 aromatic heterocycles. The lowest BCUT2D eigenvalue weighted by molar-refractivity contribution is -0.116. The number of nitrogens with one attached hydrogen (secondary N) is 1. The van der Waals surface area contributed by atoms with Gasteiger partial charge in [-0.3, -0.25) is 4.79 Å². The molecule has 0 saturated carbocycles. The van der Waals surface area contributed by atoms with Gasteiger partial charge in [0.1, 0.15) is 5.76 Å². The predicted molar refractivity (Wildman–Crippen MR) is 92.7 cm³/mol. The standard InChI is InChI=1S/C19H26N2O2/c1-6-14-7-9-15(10-8-14)21-17(22)12-11-16-13(2)20-18(23-16)19(3,4)5/h7-10H,6,11-12H2,1-5H3,(H,21,22). The van der Waals surface area contributed by atoms with Crippen molar-refractivity contribution in [1.82, 2.24) is 4.98 Å². The number of oxazole rings is 1. The van der Waals surface area contributed by atoms with Crippen LogP contribution in [-0.2, 0) is 23.1 Å². The van der Waals surface area contributed by atoms with E-state index in [1.165, 1.54) is 5.56 Å². The fourth-order valence-electron chi connectivity index (χ4n) is 2.26. The summed E-state index contributed by atoms with van der Waals surface area (Å²) in [5, 5.41) is 2.92. The fourth-order valence-corrected chi connectivity index (χ4v) is 2.26. The van der Waals surface area contributed by atoms with E-state index in [0.29, 0.717) is 12.8 Å². The molecule has 0 atom stereocenters. The van der Waals surface area contributed by atoms with Gasteiger partial charge in [-0.25, -0.2) is 4.98 Å². The Morgan fingerprint density at radius 2 is 1.87 bits per heavy atom. The van der Waals surface area contributed by atoms with Gasteiger partial charge in [-0.1, -0.05) is 39.8 Å². The molecular weight excluding hydrogens is 288 g/mol. The molecule has 4 nitrogen and oxygen atoms in total. The van der Waals surface area contributed by atoms with Crippen molar-refractivity contribution < 1.29 is 9.21 Å². The average molecular weight is 314 g/mol. The quantitative estimate of drug-likeness (QED) is 0.889. The van der Waals surface area contributed by atoms with Gasteiger partial charge in [0, 0.05) is 23.9 Å². The van der Waals surface area contributed by atoms with Crippen molar-refractivity contribution in [3.8, 4) is 0 Å². The van der Waals surface area contributed by atoms with Crippen molar-refractivity contribution in [1.29, 1.82) is 0 Å². The van der Waals surface area contributed by atoms with Gasteiger partial charge in [0.2, 0.25) is 5.91 Å². The summed E-state index contributed by atoms with van der Waals surface area (Å²) in [5.41, 5.74) is 2.84. The Kier molecular flexibility index (Phi) is 5.24. The number of aromatic nitrogens is 1. The minimum Gasteiger partial charge on any atom is -0.445 e. The lowest BCUT2D eigenvalue weighted by atomic mass is 9.97. The summed E-state index contributed by atoms with van der Waals surface area (Å²) in [5.74, 6) is 1.51. The first kappa shape index (κ1) is 17.3. The lowest BCUT2D eigenvalue weighted by Crippen LogP contribution is -2.12. The topological polar surface area (TPSA) is 55.1 Å². The van der Waals surface area contributed by atoms with E-state index in [4.69, 9.17) is 4.42 Å². The molecule has 2 rings (SSSR count). The van der Waals surface area contributed by atoms with Gasteiger partial charge in [-0.05, 0) is 31.0 Å². The van der Waals surface area contributed by atoms with E-state index in [2.05, 4.69) is 38.0 Å². The second-order valence-electron chi connectivity index (χ2n) is 6.88. The monoisotopic (exact) mass is 314 g/mol. The van der Waals surface area contributed by atoms with Crippen LogP contribution in [0.25, 0.3) is 0 Å². The number of amides is 1. The number of hydrogen-bond donors (Lipinski definition) is 1. The zero-order chi connectivity index (χ0) is 17.0. The molecule has 0 aliphatic carbocycles. The maximum absolute atomic E-state index is 12.1. The van der Waals surface area contributed by atoms with E-state index >= 15 is 0 Å². The molecule has 1 amide bonds. The minimum atomic E-state index is -0.119. The number of carbonyl (C=O) groups is 1. The van der Waals surface area contributed by atoms with E-state index in [9.17, 15) is 4.79 Å². The van der Waals surface area contributed by atoms with Gasteiger partial charge < -0.3 is 9.73 Å². The van der Waals surface area contributed by atoms with Crippen molar-refractivity contribution in [2.24, 2.45) is 0 Å². The Labute approximate surface area is 138 Å². The van der Waals surface area contributed by atoms with Crippen molar-refractivity contribution in [2.75, 3.05) is 5.32 Å². The predicted octanol–water partition coefficient (Wildman–Crippen LogP) is 4.41. The molecule has 0 unspecified atom stereocenters.